The highest BCUT2D eigenvalue weighted by Gasteiger charge is 2.43. The maximum Gasteiger partial charge on any atom is 0.168 e. The second-order valence-electron chi connectivity index (χ2n) is 6.70. The van der Waals surface area contributed by atoms with E-state index >= 15 is 0 Å². The van der Waals surface area contributed by atoms with E-state index in [4.69, 9.17) is 9.47 Å². The average molecular weight is 226 g/mol. The van der Waals surface area contributed by atoms with Crippen LogP contribution in [0.3, 0.4) is 0 Å². The van der Waals surface area contributed by atoms with Crippen LogP contribution in [0, 0.1) is 17.3 Å². The van der Waals surface area contributed by atoms with Gasteiger partial charge in [0.2, 0.25) is 0 Å². The van der Waals surface area contributed by atoms with Crippen LogP contribution in [0.4, 0.5) is 0 Å². The van der Waals surface area contributed by atoms with Crippen molar-refractivity contribution in [3.05, 3.63) is 0 Å². The predicted molar refractivity (Wildman–Crippen MR) is 65.2 cm³/mol. The van der Waals surface area contributed by atoms with Crippen molar-refractivity contribution >= 4 is 0 Å². The van der Waals surface area contributed by atoms with Gasteiger partial charge in [-0.15, -0.1) is 0 Å². The molecule has 0 unspecified atom stereocenters. The molecule has 2 nitrogen and oxygen atoms in total. The molecule has 2 aliphatic rings. The van der Waals surface area contributed by atoms with Gasteiger partial charge in [-0.2, -0.15) is 0 Å². The van der Waals surface area contributed by atoms with Crippen LogP contribution in [0.2, 0.25) is 0 Å². The molecule has 0 aromatic carbocycles. The van der Waals surface area contributed by atoms with Crippen LogP contribution in [0.15, 0.2) is 0 Å². The van der Waals surface area contributed by atoms with E-state index < -0.39 is 0 Å². The highest BCUT2D eigenvalue weighted by molar-refractivity contribution is 4.87. The van der Waals surface area contributed by atoms with Crippen LogP contribution in [0.5, 0.6) is 0 Å². The zero-order chi connectivity index (χ0) is 11.8. The first-order chi connectivity index (χ1) is 7.43. The van der Waals surface area contributed by atoms with Gasteiger partial charge in [0.15, 0.2) is 5.79 Å². The molecule has 16 heavy (non-hydrogen) atoms. The normalized spacial score (nSPS) is 29.8. The fourth-order valence-electron chi connectivity index (χ4n) is 2.59. The van der Waals surface area contributed by atoms with Crippen molar-refractivity contribution < 1.29 is 9.47 Å². The second-order valence-corrected chi connectivity index (χ2v) is 6.70. The van der Waals surface area contributed by atoms with Gasteiger partial charge in [0.1, 0.15) is 0 Å². The van der Waals surface area contributed by atoms with Crippen LogP contribution in [0.25, 0.3) is 0 Å². The van der Waals surface area contributed by atoms with Gasteiger partial charge in [0.05, 0.1) is 13.2 Å². The highest BCUT2D eigenvalue weighted by atomic mass is 16.7. The Balaban J connectivity index is 1.89. The molecule has 0 amide bonds. The zero-order valence-corrected chi connectivity index (χ0v) is 11.2. The predicted octanol–water partition coefficient (Wildman–Crippen LogP) is 3.60. The lowest BCUT2D eigenvalue weighted by atomic mass is 9.74. The molecule has 1 aliphatic carbocycles. The van der Waals surface area contributed by atoms with Crippen molar-refractivity contribution in [2.24, 2.45) is 17.3 Å². The number of hydrogen-bond acceptors (Lipinski definition) is 2. The van der Waals surface area contributed by atoms with Crippen LogP contribution < -0.4 is 0 Å². The first kappa shape index (κ1) is 12.4. The molecule has 2 heteroatoms. The molecule has 1 saturated heterocycles. The standard InChI is InChI=1S/C14H26O2/c1-11(2)12-9-15-14(16-10-12)7-5-13(3,4)6-8-14/h11-12H,5-10H2,1-4H3. The van der Waals surface area contributed by atoms with Crippen molar-refractivity contribution in [1.29, 1.82) is 0 Å². The van der Waals surface area contributed by atoms with Crippen LogP contribution >= 0.6 is 0 Å². The van der Waals surface area contributed by atoms with E-state index in [2.05, 4.69) is 27.7 Å². The van der Waals surface area contributed by atoms with Gasteiger partial charge in [0, 0.05) is 18.8 Å². The zero-order valence-electron chi connectivity index (χ0n) is 11.2. The molecule has 0 aromatic rings. The van der Waals surface area contributed by atoms with E-state index in [1.807, 2.05) is 0 Å². The molecule has 0 N–H and O–H groups in total. The van der Waals surface area contributed by atoms with Crippen molar-refractivity contribution in [2.75, 3.05) is 13.2 Å². The summed E-state index contributed by atoms with van der Waals surface area (Å²) in [6.07, 6.45) is 4.59. The molecule has 2 fully saturated rings. The summed E-state index contributed by atoms with van der Waals surface area (Å²) < 4.78 is 12.1. The maximum absolute atomic E-state index is 6.05. The summed E-state index contributed by atoms with van der Waals surface area (Å²) in [5.74, 6) is 1.03. The molecule has 0 bridgehead atoms. The molecule has 94 valence electrons. The van der Waals surface area contributed by atoms with E-state index in [0.717, 1.165) is 26.1 Å². The lowest BCUT2D eigenvalue weighted by Crippen LogP contribution is -2.48. The molecule has 2 rings (SSSR count). The third-order valence-corrected chi connectivity index (χ3v) is 4.43. The van der Waals surface area contributed by atoms with Gasteiger partial charge in [0.25, 0.3) is 0 Å². The van der Waals surface area contributed by atoms with Crippen LogP contribution in [-0.4, -0.2) is 19.0 Å². The highest BCUT2D eigenvalue weighted by Crippen LogP contribution is 2.44. The van der Waals surface area contributed by atoms with Crippen LogP contribution in [-0.2, 0) is 9.47 Å². The van der Waals surface area contributed by atoms with E-state index in [0.29, 0.717) is 17.3 Å². The molecular weight excluding hydrogens is 200 g/mol. The molecular formula is C14H26O2. The Bertz CT molecular complexity index is 225. The molecule has 1 aliphatic heterocycles. The largest absolute Gasteiger partial charge is 0.350 e. The lowest BCUT2D eigenvalue weighted by molar-refractivity contribution is -0.304. The number of ether oxygens (including phenoxy) is 2. The fourth-order valence-corrected chi connectivity index (χ4v) is 2.59. The smallest absolute Gasteiger partial charge is 0.168 e. The fraction of sp³-hybridized carbons (Fsp3) is 1.00. The average Bonchev–Trinajstić information content (AvgIpc) is 2.24. The third kappa shape index (κ3) is 2.60. The first-order valence-electron chi connectivity index (χ1n) is 6.70. The first-order valence-corrected chi connectivity index (χ1v) is 6.70. The Morgan fingerprint density at radius 2 is 1.44 bits per heavy atom. The molecule has 0 atom stereocenters. The molecule has 0 aromatic heterocycles. The monoisotopic (exact) mass is 226 g/mol. The SMILES string of the molecule is CC(C)C1COC2(CCC(C)(C)CC2)OC1. The van der Waals surface area contributed by atoms with Crippen molar-refractivity contribution in [3.8, 4) is 0 Å². The number of rotatable bonds is 1. The molecule has 1 heterocycles. The van der Waals surface area contributed by atoms with Crippen molar-refractivity contribution in [3.63, 3.8) is 0 Å². The quantitative estimate of drug-likeness (QED) is 0.680. The Hall–Kier alpha value is -0.0800. The summed E-state index contributed by atoms with van der Waals surface area (Å²) in [6, 6.07) is 0. The summed E-state index contributed by atoms with van der Waals surface area (Å²) in [5.41, 5.74) is 0.479. The minimum atomic E-state index is -0.221. The van der Waals surface area contributed by atoms with E-state index in [1.165, 1.54) is 12.8 Å². The van der Waals surface area contributed by atoms with Gasteiger partial charge in [-0.3, -0.25) is 0 Å². The van der Waals surface area contributed by atoms with Gasteiger partial charge in [-0.1, -0.05) is 27.7 Å². The number of hydrogen-bond donors (Lipinski definition) is 0. The molecule has 1 spiro atoms. The Labute approximate surface area is 99.7 Å². The van der Waals surface area contributed by atoms with Crippen LogP contribution in [0.1, 0.15) is 53.4 Å². The lowest BCUT2D eigenvalue weighted by Gasteiger charge is -2.47. The van der Waals surface area contributed by atoms with Crippen molar-refractivity contribution in [1.82, 2.24) is 0 Å². The maximum atomic E-state index is 6.05. The Kier molecular flexibility index (Phi) is 3.33. The second kappa shape index (κ2) is 4.30. The topological polar surface area (TPSA) is 18.5 Å². The summed E-state index contributed by atoms with van der Waals surface area (Å²) >= 11 is 0. The van der Waals surface area contributed by atoms with E-state index in [-0.39, 0.29) is 5.79 Å². The molecule has 0 radical (unpaired) electrons. The minimum absolute atomic E-state index is 0.221. The van der Waals surface area contributed by atoms with Gasteiger partial charge in [-0.05, 0) is 24.2 Å². The van der Waals surface area contributed by atoms with Gasteiger partial charge in [-0.25, -0.2) is 0 Å². The van der Waals surface area contributed by atoms with Crippen molar-refractivity contribution in [2.45, 2.75) is 59.2 Å². The van der Waals surface area contributed by atoms with E-state index in [1.54, 1.807) is 0 Å². The summed E-state index contributed by atoms with van der Waals surface area (Å²) in [5, 5.41) is 0. The Morgan fingerprint density at radius 3 is 1.88 bits per heavy atom. The molecule has 1 saturated carbocycles. The van der Waals surface area contributed by atoms with Gasteiger partial charge < -0.3 is 9.47 Å². The minimum Gasteiger partial charge on any atom is -0.350 e. The summed E-state index contributed by atoms with van der Waals surface area (Å²) in [7, 11) is 0. The van der Waals surface area contributed by atoms with Gasteiger partial charge >= 0.3 is 0 Å². The Morgan fingerprint density at radius 1 is 0.938 bits per heavy atom. The third-order valence-electron chi connectivity index (χ3n) is 4.43. The summed E-state index contributed by atoms with van der Waals surface area (Å²) in [4.78, 5) is 0. The summed E-state index contributed by atoms with van der Waals surface area (Å²) in [6.45, 7) is 11.0. The van der Waals surface area contributed by atoms with E-state index in [9.17, 15) is 0 Å².